The number of rotatable bonds is 4. The molecular formula is C24H23ClN6O. The van der Waals surface area contributed by atoms with Gasteiger partial charge in [-0.25, -0.2) is 4.98 Å². The minimum Gasteiger partial charge on any atom is -0.347 e. The molecule has 5 rings (SSSR count). The lowest BCUT2D eigenvalue weighted by molar-refractivity contribution is 0.0935. The Bertz CT molecular complexity index is 1300. The number of nitrogens with one attached hydrogen (secondary N) is 2. The third-order valence-corrected chi connectivity index (χ3v) is 6.32. The molecule has 1 saturated heterocycles. The van der Waals surface area contributed by atoms with Crippen LogP contribution in [0.4, 0.5) is 0 Å². The number of amides is 1. The summed E-state index contributed by atoms with van der Waals surface area (Å²) >= 11 is 6.45. The smallest absolute Gasteiger partial charge is 0.253 e. The number of hydrogen-bond donors (Lipinski definition) is 2. The van der Waals surface area contributed by atoms with Crippen molar-refractivity contribution in [3.05, 3.63) is 76.7 Å². The highest BCUT2D eigenvalue weighted by atomic mass is 35.5. The first-order valence-corrected chi connectivity index (χ1v) is 10.9. The topological polar surface area (TPSA) is 86.8 Å². The highest BCUT2D eigenvalue weighted by Gasteiger charge is 2.34. The molecule has 0 aliphatic carbocycles. The maximum Gasteiger partial charge on any atom is 0.253 e. The Morgan fingerprint density at radius 1 is 1.19 bits per heavy atom. The van der Waals surface area contributed by atoms with Gasteiger partial charge in [0.05, 0.1) is 5.56 Å². The number of likely N-dealkylation sites (tertiary alicyclic amines) is 1. The second kappa shape index (κ2) is 8.33. The van der Waals surface area contributed by atoms with Gasteiger partial charge in [-0.2, -0.15) is 5.10 Å². The van der Waals surface area contributed by atoms with E-state index < -0.39 is 0 Å². The summed E-state index contributed by atoms with van der Waals surface area (Å²) in [7, 11) is 2.05. The Morgan fingerprint density at radius 2 is 2.03 bits per heavy atom. The summed E-state index contributed by atoms with van der Waals surface area (Å²) < 4.78 is 0. The van der Waals surface area contributed by atoms with Crippen molar-refractivity contribution in [3.8, 4) is 11.3 Å². The van der Waals surface area contributed by atoms with Gasteiger partial charge in [-0.3, -0.25) is 14.9 Å². The zero-order chi connectivity index (χ0) is 22.2. The lowest BCUT2D eigenvalue weighted by Gasteiger charge is -2.21. The standard InChI is InChI=1S/C24H23ClN6O/c1-14-9-15(7-8-26-14)22-18-10-16(11-27-23(18)30-29-22)24(32)28-21-13-31(2)12-19(21)17-5-3-4-6-20(17)25/h3-11,19,21H,12-13H2,1-2H3,(H,28,32)(H,27,29,30)/t19-,21+/m1/s1. The van der Waals surface area contributed by atoms with Crippen molar-refractivity contribution < 1.29 is 4.79 Å². The van der Waals surface area contributed by atoms with Crippen LogP contribution in [0.2, 0.25) is 5.02 Å². The van der Waals surface area contributed by atoms with Gasteiger partial charge in [0.25, 0.3) is 5.91 Å². The van der Waals surface area contributed by atoms with Gasteiger partial charge in [-0.05, 0) is 43.8 Å². The Morgan fingerprint density at radius 3 is 2.84 bits per heavy atom. The molecular weight excluding hydrogens is 424 g/mol. The van der Waals surface area contributed by atoms with Gasteiger partial charge in [0.2, 0.25) is 0 Å². The van der Waals surface area contributed by atoms with Crippen LogP contribution in [0.1, 0.15) is 27.5 Å². The second-order valence-corrected chi connectivity index (χ2v) is 8.71. The van der Waals surface area contributed by atoms with E-state index in [1.807, 2.05) is 49.4 Å². The summed E-state index contributed by atoms with van der Waals surface area (Å²) in [6, 6.07) is 13.5. The van der Waals surface area contributed by atoms with Crippen molar-refractivity contribution in [1.29, 1.82) is 0 Å². The van der Waals surface area contributed by atoms with Crippen LogP contribution in [0.15, 0.2) is 54.9 Å². The molecule has 1 aliphatic rings. The van der Waals surface area contributed by atoms with E-state index in [1.165, 1.54) is 0 Å². The lowest BCUT2D eigenvalue weighted by atomic mass is 9.94. The van der Waals surface area contributed by atoms with Crippen molar-refractivity contribution in [1.82, 2.24) is 30.4 Å². The van der Waals surface area contributed by atoms with Crippen LogP contribution in [-0.4, -0.2) is 57.2 Å². The number of halogens is 1. The average molecular weight is 447 g/mol. The fourth-order valence-electron chi connectivity index (χ4n) is 4.43. The molecule has 1 fully saturated rings. The molecule has 32 heavy (non-hydrogen) atoms. The number of carbonyl (C=O) groups excluding carboxylic acids is 1. The summed E-state index contributed by atoms with van der Waals surface area (Å²) in [5.74, 6) is -0.0339. The van der Waals surface area contributed by atoms with Gasteiger partial charge in [-0.15, -0.1) is 0 Å². The van der Waals surface area contributed by atoms with E-state index in [2.05, 4.69) is 37.4 Å². The van der Waals surface area contributed by atoms with Gasteiger partial charge in [0.1, 0.15) is 5.69 Å². The Labute approximate surface area is 190 Å². The summed E-state index contributed by atoms with van der Waals surface area (Å²) in [6.07, 6.45) is 3.33. The molecule has 4 heterocycles. The predicted octanol–water partition coefficient (Wildman–Crippen LogP) is 3.81. The van der Waals surface area contributed by atoms with E-state index in [4.69, 9.17) is 11.6 Å². The number of pyridine rings is 2. The van der Waals surface area contributed by atoms with Crippen LogP contribution < -0.4 is 5.32 Å². The molecule has 0 spiro atoms. The molecule has 4 aromatic rings. The first-order valence-electron chi connectivity index (χ1n) is 10.5. The van der Waals surface area contributed by atoms with Crippen LogP contribution in [0, 0.1) is 6.92 Å². The maximum atomic E-state index is 13.2. The summed E-state index contributed by atoms with van der Waals surface area (Å²) in [5.41, 5.74) is 4.78. The zero-order valence-electron chi connectivity index (χ0n) is 17.8. The monoisotopic (exact) mass is 446 g/mol. The SMILES string of the molecule is Cc1cc(-c2n[nH]c3ncc(C(=O)N[C@H]4CN(C)C[C@@H]4c4ccccc4Cl)cc23)ccn1. The van der Waals surface area contributed by atoms with Gasteiger partial charge >= 0.3 is 0 Å². The van der Waals surface area contributed by atoms with Crippen molar-refractivity contribution in [2.45, 2.75) is 18.9 Å². The first-order chi connectivity index (χ1) is 15.5. The molecule has 0 unspecified atom stereocenters. The average Bonchev–Trinajstić information content (AvgIpc) is 3.36. The summed E-state index contributed by atoms with van der Waals surface area (Å²) in [6.45, 7) is 3.52. The van der Waals surface area contributed by atoms with Gasteiger partial charge < -0.3 is 10.2 Å². The number of aromatic amines is 1. The summed E-state index contributed by atoms with van der Waals surface area (Å²) in [4.78, 5) is 24.1. The molecule has 1 aromatic carbocycles. The molecule has 0 bridgehead atoms. The number of likely N-dealkylation sites (N-methyl/N-ethyl adjacent to an activating group) is 1. The van der Waals surface area contributed by atoms with Crippen LogP contribution in [-0.2, 0) is 0 Å². The Balaban J connectivity index is 1.43. The van der Waals surface area contributed by atoms with Gasteiger partial charge in [0, 0.05) is 59.1 Å². The number of benzene rings is 1. The number of nitrogens with zero attached hydrogens (tertiary/aromatic N) is 4. The molecule has 3 aromatic heterocycles. The number of hydrogen-bond acceptors (Lipinski definition) is 5. The Hall–Kier alpha value is -3.29. The van der Waals surface area contributed by atoms with Crippen molar-refractivity contribution >= 4 is 28.5 Å². The quantitative estimate of drug-likeness (QED) is 0.497. The molecule has 162 valence electrons. The van der Waals surface area contributed by atoms with E-state index in [0.29, 0.717) is 11.2 Å². The zero-order valence-corrected chi connectivity index (χ0v) is 18.6. The molecule has 1 amide bonds. The van der Waals surface area contributed by atoms with Crippen molar-refractivity contribution in [2.24, 2.45) is 0 Å². The number of aryl methyl sites for hydroxylation is 1. The Kier molecular flexibility index (Phi) is 5.36. The second-order valence-electron chi connectivity index (χ2n) is 8.31. The maximum absolute atomic E-state index is 13.2. The summed E-state index contributed by atoms with van der Waals surface area (Å²) in [5, 5.41) is 12.1. The first kappa shape index (κ1) is 20.6. The fourth-order valence-corrected chi connectivity index (χ4v) is 4.71. The van der Waals surface area contributed by atoms with Gasteiger partial charge in [-0.1, -0.05) is 29.8 Å². The number of carbonyl (C=O) groups is 1. The highest BCUT2D eigenvalue weighted by Crippen LogP contribution is 2.32. The fraction of sp³-hybridized carbons (Fsp3) is 0.250. The third kappa shape index (κ3) is 3.85. The van der Waals surface area contributed by atoms with Crippen LogP contribution in [0.25, 0.3) is 22.3 Å². The molecule has 0 radical (unpaired) electrons. The minimum absolute atomic E-state index is 0.0465. The van der Waals surface area contributed by atoms with Gasteiger partial charge in [0.15, 0.2) is 5.65 Å². The van der Waals surface area contributed by atoms with E-state index in [-0.39, 0.29) is 17.9 Å². The van der Waals surface area contributed by atoms with Crippen LogP contribution in [0.5, 0.6) is 0 Å². The molecule has 2 N–H and O–H groups in total. The van der Waals surface area contributed by atoms with Crippen LogP contribution >= 0.6 is 11.6 Å². The van der Waals surface area contributed by atoms with E-state index in [1.54, 1.807) is 12.4 Å². The molecule has 7 nitrogen and oxygen atoms in total. The number of H-pyrrole nitrogens is 1. The normalized spacial score (nSPS) is 18.8. The molecule has 0 saturated carbocycles. The number of fused-ring (bicyclic) bond motifs is 1. The minimum atomic E-state index is -0.158. The lowest BCUT2D eigenvalue weighted by Crippen LogP contribution is -2.39. The molecule has 8 heteroatoms. The van der Waals surface area contributed by atoms with Crippen LogP contribution in [0.3, 0.4) is 0 Å². The number of aromatic nitrogens is 4. The van der Waals surface area contributed by atoms with E-state index in [0.717, 1.165) is 46.0 Å². The van der Waals surface area contributed by atoms with Crippen molar-refractivity contribution in [2.75, 3.05) is 20.1 Å². The van der Waals surface area contributed by atoms with E-state index in [9.17, 15) is 4.79 Å². The highest BCUT2D eigenvalue weighted by molar-refractivity contribution is 6.31. The molecule has 1 aliphatic heterocycles. The molecule has 2 atom stereocenters. The third-order valence-electron chi connectivity index (χ3n) is 5.97. The largest absolute Gasteiger partial charge is 0.347 e. The van der Waals surface area contributed by atoms with Crippen molar-refractivity contribution in [3.63, 3.8) is 0 Å². The predicted molar refractivity (Wildman–Crippen MR) is 125 cm³/mol. The van der Waals surface area contributed by atoms with E-state index >= 15 is 0 Å².